The summed E-state index contributed by atoms with van der Waals surface area (Å²) in [5.74, 6) is 0.424. The minimum Gasteiger partial charge on any atom is -0.214 e. The predicted octanol–water partition coefficient (Wildman–Crippen LogP) is 2.37. The highest BCUT2D eigenvalue weighted by molar-refractivity contribution is 7.88. The summed E-state index contributed by atoms with van der Waals surface area (Å²) in [6, 6.07) is 9.11. The normalized spacial score (nSPS) is 12.6. The van der Waals surface area contributed by atoms with Crippen LogP contribution < -0.4 is 4.72 Å². The maximum atomic E-state index is 11.8. The summed E-state index contributed by atoms with van der Waals surface area (Å²) in [4.78, 5) is 0. The van der Waals surface area contributed by atoms with E-state index in [1.165, 1.54) is 0 Å². The Bertz CT molecular complexity index is 443. The van der Waals surface area contributed by atoms with Crippen molar-refractivity contribution in [2.24, 2.45) is 5.41 Å². The van der Waals surface area contributed by atoms with Gasteiger partial charge in [0.1, 0.15) is 0 Å². The third-order valence-electron chi connectivity index (χ3n) is 2.33. The van der Waals surface area contributed by atoms with Gasteiger partial charge in [0.05, 0.1) is 5.75 Å². The summed E-state index contributed by atoms with van der Waals surface area (Å²) in [5.41, 5.74) is 0.550. The maximum absolute atomic E-state index is 11.8. The predicted molar refractivity (Wildman–Crippen MR) is 71.6 cm³/mol. The van der Waals surface area contributed by atoms with Gasteiger partial charge in [0.2, 0.25) is 10.0 Å². The lowest BCUT2D eigenvalue weighted by molar-refractivity contribution is 0.414. The molecule has 0 saturated heterocycles. The zero-order valence-electron chi connectivity index (χ0n) is 10.1. The van der Waals surface area contributed by atoms with Crippen LogP contribution in [-0.4, -0.2) is 20.8 Å². The molecule has 0 heterocycles. The Hall–Kier alpha value is -0.580. The van der Waals surface area contributed by atoms with E-state index in [0.29, 0.717) is 12.4 Å². The molecule has 0 bridgehead atoms. The van der Waals surface area contributed by atoms with E-state index < -0.39 is 10.0 Å². The topological polar surface area (TPSA) is 46.2 Å². The average molecular weight is 276 g/mol. The van der Waals surface area contributed by atoms with E-state index in [4.69, 9.17) is 11.6 Å². The lowest BCUT2D eigenvalue weighted by Gasteiger charge is -2.21. The molecule has 1 aromatic carbocycles. The number of alkyl halides is 1. The molecule has 0 spiro atoms. The molecule has 0 unspecified atom stereocenters. The van der Waals surface area contributed by atoms with Crippen LogP contribution in [0.15, 0.2) is 30.3 Å². The van der Waals surface area contributed by atoms with Gasteiger partial charge in [-0.05, 0) is 11.0 Å². The molecular weight excluding hydrogens is 258 g/mol. The van der Waals surface area contributed by atoms with Crippen molar-refractivity contribution in [1.82, 2.24) is 4.72 Å². The number of benzene rings is 1. The van der Waals surface area contributed by atoms with Gasteiger partial charge in [-0.3, -0.25) is 0 Å². The molecule has 0 radical (unpaired) electrons. The van der Waals surface area contributed by atoms with E-state index >= 15 is 0 Å². The molecule has 0 amide bonds. The Morgan fingerprint density at radius 3 is 2.35 bits per heavy atom. The molecule has 5 heteroatoms. The molecule has 0 aliphatic rings. The van der Waals surface area contributed by atoms with Crippen molar-refractivity contribution in [2.75, 3.05) is 12.4 Å². The molecule has 0 aliphatic carbocycles. The van der Waals surface area contributed by atoms with Crippen LogP contribution in [0.2, 0.25) is 0 Å². The van der Waals surface area contributed by atoms with Crippen molar-refractivity contribution in [2.45, 2.75) is 19.6 Å². The van der Waals surface area contributed by atoms with Crippen molar-refractivity contribution < 1.29 is 8.42 Å². The quantitative estimate of drug-likeness (QED) is 0.810. The van der Waals surface area contributed by atoms with Gasteiger partial charge in [0, 0.05) is 12.4 Å². The van der Waals surface area contributed by atoms with E-state index in [1.54, 1.807) is 12.1 Å². The fraction of sp³-hybridized carbons (Fsp3) is 0.500. The maximum Gasteiger partial charge on any atom is 0.215 e. The van der Waals surface area contributed by atoms with Crippen molar-refractivity contribution >= 4 is 21.6 Å². The van der Waals surface area contributed by atoms with E-state index in [9.17, 15) is 8.42 Å². The van der Waals surface area contributed by atoms with Crippen LogP contribution in [0.4, 0.5) is 0 Å². The number of hydrogen-bond donors (Lipinski definition) is 1. The van der Waals surface area contributed by atoms with Crippen molar-refractivity contribution in [3.63, 3.8) is 0 Å². The lowest BCUT2D eigenvalue weighted by atomic mass is 9.97. The van der Waals surface area contributed by atoms with E-state index in [0.717, 1.165) is 5.56 Å². The van der Waals surface area contributed by atoms with Crippen molar-refractivity contribution in [3.8, 4) is 0 Å². The zero-order chi connectivity index (χ0) is 12.9. The van der Waals surface area contributed by atoms with Crippen LogP contribution in [0.5, 0.6) is 0 Å². The third kappa shape index (κ3) is 5.52. The molecule has 3 nitrogen and oxygen atoms in total. The second kappa shape index (κ2) is 5.85. The van der Waals surface area contributed by atoms with Crippen LogP contribution in [0.3, 0.4) is 0 Å². The second-order valence-corrected chi connectivity index (χ2v) is 6.94. The Morgan fingerprint density at radius 1 is 1.24 bits per heavy atom. The van der Waals surface area contributed by atoms with Crippen LogP contribution in [0.25, 0.3) is 0 Å². The first kappa shape index (κ1) is 14.5. The smallest absolute Gasteiger partial charge is 0.214 e. The number of rotatable bonds is 6. The first-order valence-electron chi connectivity index (χ1n) is 5.42. The standard InChI is InChI=1S/C12H18ClNO2S/c1-12(2,9-13)10-14-17(15,16)8-11-6-4-3-5-7-11/h3-7,14H,8-10H2,1-2H3. The molecule has 0 atom stereocenters. The summed E-state index contributed by atoms with van der Waals surface area (Å²) in [5, 5.41) is 0. The molecule has 17 heavy (non-hydrogen) atoms. The molecule has 96 valence electrons. The Labute approximate surface area is 108 Å². The van der Waals surface area contributed by atoms with Gasteiger partial charge >= 0.3 is 0 Å². The number of sulfonamides is 1. The largest absolute Gasteiger partial charge is 0.215 e. The number of halogens is 1. The molecular formula is C12H18ClNO2S. The van der Waals surface area contributed by atoms with Crippen LogP contribution in [0.1, 0.15) is 19.4 Å². The fourth-order valence-corrected chi connectivity index (χ4v) is 2.64. The van der Waals surface area contributed by atoms with Gasteiger partial charge in [0.15, 0.2) is 0 Å². The van der Waals surface area contributed by atoms with Gasteiger partial charge < -0.3 is 0 Å². The summed E-state index contributed by atoms with van der Waals surface area (Å²) in [7, 11) is -3.29. The second-order valence-electron chi connectivity index (χ2n) is 4.86. The number of hydrogen-bond acceptors (Lipinski definition) is 2. The molecule has 0 aliphatic heterocycles. The van der Waals surface area contributed by atoms with Gasteiger partial charge in [-0.2, -0.15) is 0 Å². The molecule has 1 rings (SSSR count). The Morgan fingerprint density at radius 2 is 1.82 bits per heavy atom. The van der Waals surface area contributed by atoms with Gasteiger partial charge in [-0.1, -0.05) is 44.2 Å². The Kier molecular flexibility index (Phi) is 4.98. The summed E-state index contributed by atoms with van der Waals surface area (Å²) in [6.07, 6.45) is 0. The van der Waals surface area contributed by atoms with Gasteiger partial charge in [-0.15, -0.1) is 11.6 Å². The minimum atomic E-state index is -3.29. The first-order chi connectivity index (χ1) is 7.85. The molecule has 1 aromatic rings. The summed E-state index contributed by atoms with van der Waals surface area (Å²) < 4.78 is 26.2. The average Bonchev–Trinajstić information content (AvgIpc) is 2.28. The Balaban J connectivity index is 2.59. The fourth-order valence-electron chi connectivity index (χ4n) is 1.20. The highest BCUT2D eigenvalue weighted by atomic mass is 35.5. The molecule has 1 N–H and O–H groups in total. The highest BCUT2D eigenvalue weighted by Crippen LogP contribution is 2.16. The van der Waals surface area contributed by atoms with Crippen molar-refractivity contribution in [1.29, 1.82) is 0 Å². The number of nitrogens with one attached hydrogen (secondary N) is 1. The van der Waals surface area contributed by atoms with E-state index in [-0.39, 0.29) is 11.2 Å². The van der Waals surface area contributed by atoms with Crippen LogP contribution >= 0.6 is 11.6 Å². The van der Waals surface area contributed by atoms with Gasteiger partial charge in [0.25, 0.3) is 0 Å². The van der Waals surface area contributed by atoms with Gasteiger partial charge in [-0.25, -0.2) is 13.1 Å². The lowest BCUT2D eigenvalue weighted by Crippen LogP contribution is -2.35. The SMILES string of the molecule is CC(C)(CCl)CNS(=O)(=O)Cc1ccccc1. The highest BCUT2D eigenvalue weighted by Gasteiger charge is 2.20. The monoisotopic (exact) mass is 275 g/mol. The molecule has 0 aromatic heterocycles. The van der Waals surface area contributed by atoms with E-state index in [2.05, 4.69) is 4.72 Å². The third-order valence-corrected chi connectivity index (χ3v) is 4.35. The van der Waals surface area contributed by atoms with Crippen LogP contribution in [0, 0.1) is 5.41 Å². The first-order valence-corrected chi connectivity index (χ1v) is 7.61. The molecule has 0 fully saturated rings. The summed E-state index contributed by atoms with van der Waals surface area (Å²) >= 11 is 5.75. The van der Waals surface area contributed by atoms with Crippen molar-refractivity contribution in [3.05, 3.63) is 35.9 Å². The zero-order valence-corrected chi connectivity index (χ0v) is 11.7. The minimum absolute atomic E-state index is 0.00616. The molecule has 0 saturated carbocycles. The van der Waals surface area contributed by atoms with Crippen LogP contribution in [-0.2, 0) is 15.8 Å². The van der Waals surface area contributed by atoms with E-state index in [1.807, 2.05) is 32.0 Å². The summed E-state index contributed by atoms with van der Waals surface area (Å²) in [6.45, 7) is 4.20.